The molecule has 1 aromatic carbocycles. The highest BCUT2D eigenvalue weighted by Gasteiger charge is 2.22. The largest absolute Gasteiger partial charge is 0.495 e. The molecule has 1 aromatic rings. The summed E-state index contributed by atoms with van der Waals surface area (Å²) in [5.41, 5.74) is 2.95. The van der Waals surface area contributed by atoms with Gasteiger partial charge >= 0.3 is 0 Å². The second-order valence-electron chi connectivity index (χ2n) is 4.71. The first kappa shape index (κ1) is 13.8. The summed E-state index contributed by atoms with van der Waals surface area (Å²) >= 11 is 0. The lowest BCUT2D eigenvalue weighted by Gasteiger charge is -2.23. The van der Waals surface area contributed by atoms with Crippen molar-refractivity contribution in [3.05, 3.63) is 23.3 Å². The Kier molecular flexibility index (Phi) is 4.39. The van der Waals surface area contributed by atoms with Crippen LogP contribution in [0.5, 0.6) is 5.75 Å². The Morgan fingerprint density at radius 2 is 2.16 bits per heavy atom. The smallest absolute Gasteiger partial charge is 0.244 e. The molecule has 0 bridgehead atoms. The van der Waals surface area contributed by atoms with Gasteiger partial charge in [-0.2, -0.15) is 0 Å². The van der Waals surface area contributed by atoms with Crippen LogP contribution in [-0.2, 0) is 9.53 Å². The fourth-order valence-electron chi connectivity index (χ4n) is 2.01. The Morgan fingerprint density at radius 1 is 1.42 bits per heavy atom. The summed E-state index contributed by atoms with van der Waals surface area (Å²) in [6, 6.07) is 3.55. The van der Waals surface area contributed by atoms with E-state index in [0.29, 0.717) is 31.2 Å². The van der Waals surface area contributed by atoms with Crippen molar-refractivity contribution in [2.75, 3.05) is 32.2 Å². The van der Waals surface area contributed by atoms with Crippen LogP contribution in [0.4, 0.5) is 5.69 Å². The summed E-state index contributed by atoms with van der Waals surface area (Å²) in [6.07, 6.45) is 0. The first-order chi connectivity index (χ1) is 9.11. The number of aryl methyl sites for hydroxylation is 2. The van der Waals surface area contributed by atoms with Crippen molar-refractivity contribution in [1.82, 2.24) is 5.32 Å². The van der Waals surface area contributed by atoms with E-state index < -0.39 is 0 Å². The molecule has 0 aliphatic carbocycles. The van der Waals surface area contributed by atoms with Crippen LogP contribution in [0.15, 0.2) is 12.1 Å². The molecule has 0 spiro atoms. The number of carbonyl (C=O) groups is 1. The molecule has 2 rings (SSSR count). The lowest BCUT2D eigenvalue weighted by Crippen LogP contribution is -2.48. The zero-order chi connectivity index (χ0) is 13.8. The van der Waals surface area contributed by atoms with Gasteiger partial charge in [0.25, 0.3) is 0 Å². The van der Waals surface area contributed by atoms with Gasteiger partial charge in [0.2, 0.25) is 5.91 Å². The molecule has 104 valence electrons. The summed E-state index contributed by atoms with van der Waals surface area (Å²) in [7, 11) is 1.60. The van der Waals surface area contributed by atoms with Crippen LogP contribution in [-0.4, -0.2) is 38.8 Å². The summed E-state index contributed by atoms with van der Waals surface area (Å²) < 4.78 is 10.6. The molecule has 5 nitrogen and oxygen atoms in total. The second kappa shape index (κ2) is 6.04. The van der Waals surface area contributed by atoms with Crippen LogP contribution < -0.4 is 15.4 Å². The Bertz CT molecular complexity index is 468. The molecular formula is C14H20N2O3. The van der Waals surface area contributed by atoms with Gasteiger partial charge in [-0.15, -0.1) is 0 Å². The van der Waals surface area contributed by atoms with E-state index in [2.05, 4.69) is 10.6 Å². The van der Waals surface area contributed by atoms with Gasteiger partial charge in [0, 0.05) is 6.54 Å². The normalized spacial score (nSPS) is 19.0. The average molecular weight is 264 g/mol. The van der Waals surface area contributed by atoms with Crippen LogP contribution in [0.3, 0.4) is 0 Å². The highest BCUT2D eigenvalue weighted by molar-refractivity contribution is 5.96. The highest BCUT2D eigenvalue weighted by Crippen LogP contribution is 2.28. The summed E-state index contributed by atoms with van der Waals surface area (Å²) in [5, 5.41) is 6.02. The lowest BCUT2D eigenvalue weighted by molar-refractivity contribution is -0.120. The predicted octanol–water partition coefficient (Wildman–Crippen LogP) is 1.24. The van der Waals surface area contributed by atoms with E-state index in [-0.39, 0.29) is 11.9 Å². The number of nitrogens with one attached hydrogen (secondary N) is 2. The molecule has 19 heavy (non-hydrogen) atoms. The van der Waals surface area contributed by atoms with Crippen LogP contribution in [0.2, 0.25) is 0 Å². The number of hydrogen-bond donors (Lipinski definition) is 2. The Labute approximate surface area is 113 Å². The number of amides is 1. The van der Waals surface area contributed by atoms with Gasteiger partial charge in [-0.25, -0.2) is 0 Å². The maximum Gasteiger partial charge on any atom is 0.244 e. The van der Waals surface area contributed by atoms with Crippen LogP contribution >= 0.6 is 0 Å². The fourth-order valence-corrected chi connectivity index (χ4v) is 2.01. The number of carbonyl (C=O) groups excluding carboxylic acids is 1. The molecule has 2 N–H and O–H groups in total. The maximum atomic E-state index is 12.1. The van der Waals surface area contributed by atoms with Gasteiger partial charge in [0.1, 0.15) is 11.8 Å². The minimum atomic E-state index is -0.305. The van der Waals surface area contributed by atoms with Gasteiger partial charge in [-0.1, -0.05) is 0 Å². The van der Waals surface area contributed by atoms with E-state index in [1.165, 1.54) is 0 Å². The first-order valence-corrected chi connectivity index (χ1v) is 6.39. The van der Waals surface area contributed by atoms with Crippen molar-refractivity contribution in [2.24, 2.45) is 0 Å². The molecule has 1 unspecified atom stereocenters. The number of hydrogen-bond acceptors (Lipinski definition) is 4. The molecule has 1 fully saturated rings. The molecule has 0 radical (unpaired) electrons. The monoisotopic (exact) mass is 264 g/mol. The molecule has 1 atom stereocenters. The second-order valence-corrected chi connectivity index (χ2v) is 4.71. The number of benzene rings is 1. The van der Waals surface area contributed by atoms with Gasteiger partial charge in [-0.3, -0.25) is 4.79 Å². The number of morpholine rings is 1. The van der Waals surface area contributed by atoms with E-state index in [4.69, 9.17) is 9.47 Å². The number of methoxy groups -OCH3 is 1. The van der Waals surface area contributed by atoms with Crippen molar-refractivity contribution in [1.29, 1.82) is 0 Å². The van der Waals surface area contributed by atoms with E-state index in [1.54, 1.807) is 7.11 Å². The molecule has 1 aliphatic rings. The standard InChI is InChI=1S/C14H20N2O3/c1-9-6-11(13(18-3)7-10(9)2)16-14(17)12-8-19-5-4-15-12/h6-7,12,15H,4-5,8H2,1-3H3,(H,16,17). The highest BCUT2D eigenvalue weighted by atomic mass is 16.5. The predicted molar refractivity (Wildman–Crippen MR) is 73.7 cm³/mol. The average Bonchev–Trinajstić information content (AvgIpc) is 2.43. The molecule has 5 heteroatoms. The van der Waals surface area contributed by atoms with Crippen LogP contribution in [0.1, 0.15) is 11.1 Å². The zero-order valence-corrected chi connectivity index (χ0v) is 11.6. The number of rotatable bonds is 3. The lowest BCUT2D eigenvalue weighted by atomic mass is 10.1. The van der Waals surface area contributed by atoms with Crippen LogP contribution in [0, 0.1) is 13.8 Å². The molecule has 0 aromatic heterocycles. The van der Waals surface area contributed by atoms with E-state index in [9.17, 15) is 4.79 Å². The third kappa shape index (κ3) is 3.24. The minimum absolute atomic E-state index is 0.0961. The van der Waals surface area contributed by atoms with Crippen molar-refractivity contribution < 1.29 is 14.3 Å². The van der Waals surface area contributed by atoms with Crippen molar-refractivity contribution in [3.8, 4) is 5.75 Å². The van der Waals surface area contributed by atoms with Crippen molar-refractivity contribution in [3.63, 3.8) is 0 Å². The van der Waals surface area contributed by atoms with Crippen molar-refractivity contribution >= 4 is 11.6 Å². The quantitative estimate of drug-likeness (QED) is 0.862. The minimum Gasteiger partial charge on any atom is -0.495 e. The van der Waals surface area contributed by atoms with Gasteiger partial charge in [-0.05, 0) is 37.1 Å². The third-order valence-electron chi connectivity index (χ3n) is 3.31. The van der Waals surface area contributed by atoms with E-state index in [1.807, 2.05) is 26.0 Å². The Balaban J connectivity index is 2.13. The summed E-state index contributed by atoms with van der Waals surface area (Å²) in [6.45, 7) is 5.77. The topological polar surface area (TPSA) is 59.6 Å². The number of anilines is 1. The third-order valence-corrected chi connectivity index (χ3v) is 3.31. The van der Waals surface area contributed by atoms with Gasteiger partial charge < -0.3 is 20.1 Å². The SMILES string of the molecule is COc1cc(C)c(C)cc1NC(=O)C1COCCN1. The molecule has 1 amide bonds. The number of ether oxygens (including phenoxy) is 2. The molecule has 1 aliphatic heterocycles. The Hall–Kier alpha value is -1.59. The first-order valence-electron chi connectivity index (χ1n) is 6.39. The van der Waals surface area contributed by atoms with E-state index >= 15 is 0 Å². The molecule has 1 heterocycles. The molecular weight excluding hydrogens is 244 g/mol. The van der Waals surface area contributed by atoms with E-state index in [0.717, 1.165) is 11.1 Å². The summed E-state index contributed by atoms with van der Waals surface area (Å²) in [4.78, 5) is 12.1. The summed E-state index contributed by atoms with van der Waals surface area (Å²) in [5.74, 6) is 0.578. The maximum absolute atomic E-state index is 12.1. The van der Waals surface area contributed by atoms with Crippen molar-refractivity contribution in [2.45, 2.75) is 19.9 Å². The fraction of sp³-hybridized carbons (Fsp3) is 0.500. The van der Waals surface area contributed by atoms with Gasteiger partial charge in [0.05, 0.1) is 26.0 Å². The zero-order valence-electron chi connectivity index (χ0n) is 11.6. The Morgan fingerprint density at radius 3 is 2.79 bits per heavy atom. The van der Waals surface area contributed by atoms with Crippen LogP contribution in [0.25, 0.3) is 0 Å². The van der Waals surface area contributed by atoms with Gasteiger partial charge in [0.15, 0.2) is 0 Å². The molecule has 0 saturated carbocycles. The molecule has 1 saturated heterocycles.